The molecule has 4 rings (SSSR count). The average Bonchev–Trinajstić information content (AvgIpc) is 0.813. The standard InChI is InChI=1S/C78H120F5N5O25/c1-44-47(4)76(110-58(41-104-50(7)89)70(44)107-53(10)92)101-38-26-14-17-31-61(95)84-35-24-21-29-56(74(99)86-37-23-13-20-34-64(98)113-73-68(82)66(80)65(79)67(81)69(73)83)88-75(100)57(87-63(97)33-19-16-28-40-103-78-49(6)46(3)72(109-55(12)94)60(112-78)43-106-52(9)91)30-22-25-36-85-62(96)32-18-15-27-39-102-77-48(5)45(2)71(108-54(11)93)59(111-77)42-105-51(8)90/h44-49,56-60,70-72,76-78H,13-43H2,1-12H3,(H,84,95)(H,85,96)(H,86,99)(H,87,97)(H,88,100). The molecule has 17 unspecified atom stereocenters. The number of rotatable bonds is 51. The molecule has 0 spiro atoms. The molecule has 5 amide bonds. The van der Waals surface area contributed by atoms with Crippen LogP contribution in [0.2, 0.25) is 0 Å². The van der Waals surface area contributed by atoms with E-state index in [1.807, 2.05) is 41.5 Å². The van der Waals surface area contributed by atoms with Gasteiger partial charge in [-0.25, -0.2) is 13.2 Å². The van der Waals surface area contributed by atoms with Gasteiger partial charge < -0.3 is 88.2 Å². The normalized spacial score (nSPS) is 23.9. The van der Waals surface area contributed by atoms with Crippen LogP contribution in [0.4, 0.5) is 22.0 Å². The number of esters is 7. The zero-order chi connectivity index (χ0) is 83.9. The van der Waals surface area contributed by atoms with E-state index in [0.29, 0.717) is 96.7 Å². The van der Waals surface area contributed by atoms with E-state index >= 15 is 0 Å². The molecule has 0 aliphatic carbocycles. The van der Waals surface area contributed by atoms with Crippen LogP contribution in [0.25, 0.3) is 0 Å². The molecule has 0 bridgehead atoms. The van der Waals surface area contributed by atoms with Gasteiger partial charge >= 0.3 is 41.8 Å². The van der Waals surface area contributed by atoms with Crippen LogP contribution in [0.3, 0.4) is 0 Å². The van der Waals surface area contributed by atoms with Gasteiger partial charge in [0.25, 0.3) is 0 Å². The summed E-state index contributed by atoms with van der Waals surface area (Å²) in [5, 5.41) is 14.2. The summed E-state index contributed by atoms with van der Waals surface area (Å²) in [6.07, 6.45) is 0.461. The molecule has 3 fully saturated rings. The number of ether oxygens (including phenoxy) is 13. The van der Waals surface area contributed by atoms with Gasteiger partial charge in [-0.05, 0) is 89.9 Å². The first-order chi connectivity index (χ1) is 53.6. The lowest BCUT2D eigenvalue weighted by Gasteiger charge is -2.43. The topological polar surface area (TPSA) is 385 Å². The van der Waals surface area contributed by atoms with Crippen LogP contribution in [-0.4, -0.2) is 198 Å². The van der Waals surface area contributed by atoms with Crippen molar-refractivity contribution in [2.24, 2.45) is 35.5 Å². The highest BCUT2D eigenvalue weighted by atomic mass is 19.2. The lowest BCUT2D eigenvalue weighted by Crippen LogP contribution is -2.53. The Bertz CT molecular complexity index is 3200. The summed E-state index contributed by atoms with van der Waals surface area (Å²) in [5.41, 5.74) is 0. The molecule has 30 nitrogen and oxygen atoms in total. The summed E-state index contributed by atoms with van der Waals surface area (Å²) in [6, 6.07) is -2.36. The summed E-state index contributed by atoms with van der Waals surface area (Å²) in [6.45, 7) is 19.9. The number of amides is 5. The SMILES string of the molecule is CC(=O)OCC1OC(OCCCCCC(=O)NCCCCC(NC(=O)CCCCCOC2OC(COC(C)=O)C(OC(C)=O)C(C)C2C)C(=O)NC(CCCCNC(=O)CCCCCOC2OC(COC(C)=O)C(OC(C)=O)C(C)C2C)C(=O)NCCCCCC(=O)Oc2c(F)c(F)c(F)c(F)c2F)C(C)C(C)C1OC(C)=O. The molecule has 5 N–H and O–H groups in total. The van der Waals surface area contributed by atoms with E-state index < -0.39 is 168 Å². The zero-order valence-electron chi connectivity index (χ0n) is 67.3. The van der Waals surface area contributed by atoms with Gasteiger partial charge in [0, 0.05) is 142 Å². The Morgan fingerprint density at radius 1 is 0.345 bits per heavy atom. The fraction of sp³-hybridized carbons (Fsp3) is 0.769. The summed E-state index contributed by atoms with van der Waals surface area (Å²) >= 11 is 0. The minimum atomic E-state index is -2.42. The highest BCUT2D eigenvalue weighted by molar-refractivity contribution is 5.92. The first-order valence-electron chi connectivity index (χ1n) is 39.5. The molecule has 113 heavy (non-hydrogen) atoms. The van der Waals surface area contributed by atoms with Crippen molar-refractivity contribution in [1.82, 2.24) is 26.6 Å². The minimum Gasteiger partial charge on any atom is -0.463 e. The summed E-state index contributed by atoms with van der Waals surface area (Å²) in [4.78, 5) is 151. The molecular formula is C78H120F5N5O25. The monoisotopic (exact) mass is 1620 g/mol. The molecule has 1 aromatic carbocycles. The van der Waals surface area contributed by atoms with Gasteiger partial charge in [0.1, 0.15) is 68.5 Å². The number of halogens is 5. The Hall–Kier alpha value is -7.73. The maximum Gasteiger partial charge on any atom is 0.311 e. The van der Waals surface area contributed by atoms with E-state index in [2.05, 4.69) is 31.3 Å². The Kier molecular flexibility index (Phi) is 44.9. The number of benzene rings is 1. The molecule has 0 radical (unpaired) electrons. The van der Waals surface area contributed by atoms with Crippen molar-refractivity contribution in [2.75, 3.05) is 59.3 Å². The van der Waals surface area contributed by atoms with E-state index in [4.69, 9.17) is 56.8 Å². The second-order valence-corrected chi connectivity index (χ2v) is 29.3. The highest BCUT2D eigenvalue weighted by Crippen LogP contribution is 2.37. The smallest absolute Gasteiger partial charge is 0.311 e. The third-order valence-electron chi connectivity index (χ3n) is 20.1. The van der Waals surface area contributed by atoms with E-state index in [0.717, 1.165) is 0 Å². The van der Waals surface area contributed by atoms with Crippen LogP contribution >= 0.6 is 0 Å². The summed E-state index contributed by atoms with van der Waals surface area (Å²) < 4.78 is 143. The first kappa shape index (κ1) is 97.6. The predicted octanol–water partition coefficient (Wildman–Crippen LogP) is 8.71. The zero-order valence-corrected chi connectivity index (χ0v) is 67.3. The van der Waals surface area contributed by atoms with Crippen molar-refractivity contribution in [1.29, 1.82) is 0 Å². The van der Waals surface area contributed by atoms with E-state index in [1.165, 1.54) is 41.5 Å². The average molecular weight is 1620 g/mol. The number of nitrogens with one attached hydrogen (secondary N) is 5. The van der Waals surface area contributed by atoms with Crippen LogP contribution in [0.15, 0.2) is 0 Å². The summed E-state index contributed by atoms with van der Waals surface area (Å²) in [7, 11) is 0. The number of carbonyl (C=O) groups excluding carboxylic acids is 12. The van der Waals surface area contributed by atoms with Crippen molar-refractivity contribution in [3.63, 3.8) is 0 Å². The lowest BCUT2D eigenvalue weighted by molar-refractivity contribution is -0.273. The number of hydrogen-bond acceptors (Lipinski definition) is 25. The van der Waals surface area contributed by atoms with Gasteiger partial charge in [-0.2, -0.15) is 8.78 Å². The maximum atomic E-state index is 14.5. The van der Waals surface area contributed by atoms with Crippen molar-refractivity contribution in [2.45, 2.75) is 292 Å². The Labute approximate surface area is 658 Å². The van der Waals surface area contributed by atoms with Crippen LogP contribution in [0.1, 0.15) is 224 Å². The van der Waals surface area contributed by atoms with Crippen LogP contribution in [-0.2, 0) is 114 Å². The van der Waals surface area contributed by atoms with Crippen LogP contribution in [0, 0.1) is 64.6 Å². The quantitative estimate of drug-likeness (QED) is 0.00773. The molecule has 0 aromatic heterocycles. The largest absolute Gasteiger partial charge is 0.463 e. The summed E-state index contributed by atoms with van der Waals surface area (Å²) in [5.74, 6) is -21.1. The van der Waals surface area contributed by atoms with Crippen LogP contribution < -0.4 is 31.3 Å². The predicted molar refractivity (Wildman–Crippen MR) is 392 cm³/mol. The molecule has 3 aliphatic rings. The van der Waals surface area contributed by atoms with E-state index in [-0.39, 0.29) is 145 Å². The van der Waals surface area contributed by atoms with Gasteiger partial charge in [0.2, 0.25) is 64.4 Å². The van der Waals surface area contributed by atoms with Crippen molar-refractivity contribution in [3.05, 3.63) is 29.1 Å². The molecule has 3 aliphatic heterocycles. The molecule has 3 saturated heterocycles. The van der Waals surface area contributed by atoms with Crippen LogP contribution in [0.5, 0.6) is 5.75 Å². The molecule has 642 valence electrons. The number of carbonyl (C=O) groups is 12. The molecular weight excluding hydrogens is 1500 g/mol. The second-order valence-electron chi connectivity index (χ2n) is 29.3. The fourth-order valence-electron chi connectivity index (χ4n) is 13.2. The molecule has 35 heteroatoms. The molecule has 17 atom stereocenters. The number of hydrogen-bond donors (Lipinski definition) is 5. The van der Waals surface area contributed by atoms with Gasteiger partial charge in [-0.3, -0.25) is 57.5 Å². The van der Waals surface area contributed by atoms with E-state index in [9.17, 15) is 79.5 Å². The van der Waals surface area contributed by atoms with Gasteiger partial charge in [-0.15, -0.1) is 0 Å². The molecule has 1 aromatic rings. The van der Waals surface area contributed by atoms with Gasteiger partial charge in [0.05, 0.1) is 0 Å². The van der Waals surface area contributed by atoms with Crippen molar-refractivity contribution >= 4 is 71.3 Å². The fourth-order valence-corrected chi connectivity index (χ4v) is 13.2. The lowest BCUT2D eigenvalue weighted by atomic mass is 9.84. The first-order valence-corrected chi connectivity index (χ1v) is 39.5. The van der Waals surface area contributed by atoms with Crippen molar-refractivity contribution in [3.8, 4) is 5.75 Å². The maximum absolute atomic E-state index is 14.5. The van der Waals surface area contributed by atoms with E-state index in [1.54, 1.807) is 0 Å². The van der Waals surface area contributed by atoms with Gasteiger partial charge in [0.15, 0.2) is 18.9 Å². The van der Waals surface area contributed by atoms with Crippen molar-refractivity contribution < 1.29 is 141 Å². The minimum absolute atomic E-state index is 0.00652. The van der Waals surface area contributed by atoms with Gasteiger partial charge in [-0.1, -0.05) is 67.2 Å². The molecule has 0 saturated carbocycles. The second kappa shape index (κ2) is 52.0. The molecule has 3 heterocycles. The third kappa shape index (κ3) is 35.5. The Balaban J connectivity index is 1.37. The third-order valence-corrected chi connectivity index (χ3v) is 20.1. The Morgan fingerprint density at radius 3 is 1.03 bits per heavy atom. The Morgan fingerprint density at radius 2 is 0.664 bits per heavy atom. The highest BCUT2D eigenvalue weighted by Gasteiger charge is 2.47. The number of unbranched alkanes of at least 4 members (excludes halogenated alkanes) is 10.